The maximum Gasteiger partial charge on any atom is 0.217 e. The Kier molecular flexibility index (Phi) is 2.74. The molecule has 2 aromatic carbocycles. The van der Waals surface area contributed by atoms with Crippen molar-refractivity contribution in [3.05, 3.63) is 58.6 Å². The molecule has 2 heterocycles. The summed E-state index contributed by atoms with van der Waals surface area (Å²) in [5.74, 6) is 0.793. The number of halogens is 1. The third-order valence-corrected chi connectivity index (χ3v) is 4.21. The van der Waals surface area contributed by atoms with Crippen molar-refractivity contribution in [3.63, 3.8) is 0 Å². The van der Waals surface area contributed by atoms with Crippen molar-refractivity contribution in [1.29, 1.82) is 0 Å². The van der Waals surface area contributed by atoms with Gasteiger partial charge >= 0.3 is 0 Å². The van der Waals surface area contributed by atoms with E-state index in [1.807, 2.05) is 12.1 Å². The van der Waals surface area contributed by atoms with E-state index in [2.05, 4.69) is 57.3 Å². The van der Waals surface area contributed by atoms with Crippen LogP contribution in [-0.2, 0) is 6.42 Å². The van der Waals surface area contributed by atoms with Gasteiger partial charge in [0.15, 0.2) is 0 Å². The molecule has 1 aromatic heterocycles. The lowest BCUT2D eigenvalue weighted by molar-refractivity contribution is 0.346. The second-order valence-corrected chi connectivity index (χ2v) is 5.81. The van der Waals surface area contributed by atoms with Gasteiger partial charge in [0.1, 0.15) is 0 Å². The second kappa shape index (κ2) is 4.60. The molecule has 0 atom stereocenters. The van der Waals surface area contributed by atoms with Crippen molar-refractivity contribution in [2.75, 3.05) is 6.61 Å². The normalized spacial score (nSPS) is 13.2. The standard InChI is InChI=1S/C17H12BrNO/c18-12-7-5-11(6-8-12)16-13-3-1-2-4-15(13)19-17-14(16)9-10-20-17/h1-8H,9-10H2. The topological polar surface area (TPSA) is 22.1 Å². The van der Waals surface area contributed by atoms with Crippen molar-refractivity contribution in [2.45, 2.75) is 6.42 Å². The van der Waals surface area contributed by atoms with Crippen molar-refractivity contribution in [3.8, 4) is 17.0 Å². The van der Waals surface area contributed by atoms with Crippen LogP contribution >= 0.6 is 15.9 Å². The van der Waals surface area contributed by atoms with E-state index >= 15 is 0 Å². The average Bonchev–Trinajstić information content (AvgIpc) is 2.93. The van der Waals surface area contributed by atoms with Crippen LogP contribution in [0.2, 0.25) is 0 Å². The van der Waals surface area contributed by atoms with Crippen LogP contribution in [0.5, 0.6) is 5.88 Å². The number of benzene rings is 2. The molecule has 0 aliphatic carbocycles. The van der Waals surface area contributed by atoms with Crippen LogP contribution in [0, 0.1) is 0 Å². The molecule has 0 unspecified atom stereocenters. The summed E-state index contributed by atoms with van der Waals surface area (Å²) in [7, 11) is 0. The molecule has 0 spiro atoms. The van der Waals surface area contributed by atoms with Gasteiger partial charge in [-0.3, -0.25) is 0 Å². The van der Waals surface area contributed by atoms with Crippen molar-refractivity contribution < 1.29 is 4.74 Å². The quantitative estimate of drug-likeness (QED) is 0.652. The summed E-state index contributed by atoms with van der Waals surface area (Å²) in [5, 5.41) is 1.19. The fraction of sp³-hybridized carbons (Fsp3) is 0.118. The lowest BCUT2D eigenvalue weighted by Crippen LogP contribution is -1.91. The second-order valence-electron chi connectivity index (χ2n) is 4.89. The van der Waals surface area contributed by atoms with Gasteiger partial charge in [-0.1, -0.05) is 46.3 Å². The number of hydrogen-bond donors (Lipinski definition) is 0. The van der Waals surface area contributed by atoms with Crippen LogP contribution < -0.4 is 4.74 Å². The van der Waals surface area contributed by atoms with Gasteiger partial charge in [0.05, 0.1) is 12.1 Å². The van der Waals surface area contributed by atoms with Gasteiger partial charge in [-0.15, -0.1) is 0 Å². The van der Waals surface area contributed by atoms with E-state index in [-0.39, 0.29) is 0 Å². The van der Waals surface area contributed by atoms with Gasteiger partial charge in [-0.05, 0) is 29.3 Å². The first-order valence-electron chi connectivity index (χ1n) is 6.63. The molecule has 1 aliphatic rings. The zero-order valence-corrected chi connectivity index (χ0v) is 12.4. The molecule has 0 bridgehead atoms. The zero-order valence-electron chi connectivity index (χ0n) is 10.8. The molecule has 2 nitrogen and oxygen atoms in total. The molecule has 98 valence electrons. The summed E-state index contributed by atoms with van der Waals surface area (Å²) >= 11 is 3.49. The lowest BCUT2D eigenvalue weighted by atomic mass is 9.95. The van der Waals surface area contributed by atoms with Crippen molar-refractivity contribution in [2.24, 2.45) is 0 Å². The molecular formula is C17H12BrNO. The first-order valence-corrected chi connectivity index (χ1v) is 7.42. The Bertz CT molecular complexity index is 796. The smallest absolute Gasteiger partial charge is 0.217 e. The molecule has 0 fully saturated rings. The van der Waals surface area contributed by atoms with Gasteiger partial charge in [-0.25, -0.2) is 4.98 Å². The van der Waals surface area contributed by atoms with Crippen LogP contribution in [0.3, 0.4) is 0 Å². The summed E-state index contributed by atoms with van der Waals surface area (Å²) in [6.07, 6.45) is 0.929. The fourth-order valence-electron chi connectivity index (χ4n) is 2.78. The molecule has 0 radical (unpaired) electrons. The molecule has 3 heteroatoms. The highest BCUT2D eigenvalue weighted by molar-refractivity contribution is 9.10. The molecular weight excluding hydrogens is 314 g/mol. The van der Waals surface area contributed by atoms with Gasteiger partial charge in [0.25, 0.3) is 0 Å². The largest absolute Gasteiger partial charge is 0.477 e. The molecule has 0 saturated heterocycles. The van der Waals surface area contributed by atoms with Gasteiger partial charge in [0, 0.05) is 21.8 Å². The minimum atomic E-state index is 0.724. The fourth-order valence-corrected chi connectivity index (χ4v) is 3.04. The van der Waals surface area contributed by atoms with Crippen LogP contribution in [0.25, 0.3) is 22.0 Å². The lowest BCUT2D eigenvalue weighted by Gasteiger charge is -2.11. The summed E-state index contributed by atoms with van der Waals surface area (Å²) in [6, 6.07) is 16.7. The van der Waals surface area contributed by atoms with Crippen LogP contribution in [0.4, 0.5) is 0 Å². The number of fused-ring (bicyclic) bond motifs is 2. The van der Waals surface area contributed by atoms with E-state index in [0.29, 0.717) is 0 Å². The molecule has 1 aliphatic heterocycles. The van der Waals surface area contributed by atoms with Crippen LogP contribution in [-0.4, -0.2) is 11.6 Å². The Balaban J connectivity index is 2.08. The number of rotatable bonds is 1. The Hall–Kier alpha value is -1.87. The van der Waals surface area contributed by atoms with Gasteiger partial charge < -0.3 is 4.74 Å². The minimum absolute atomic E-state index is 0.724. The predicted molar refractivity (Wildman–Crippen MR) is 84.1 cm³/mol. The first kappa shape index (κ1) is 11.9. The van der Waals surface area contributed by atoms with E-state index in [0.717, 1.165) is 28.9 Å². The Morgan fingerprint density at radius 2 is 1.80 bits per heavy atom. The highest BCUT2D eigenvalue weighted by Gasteiger charge is 2.21. The summed E-state index contributed by atoms with van der Waals surface area (Å²) in [5.41, 5.74) is 4.70. The highest BCUT2D eigenvalue weighted by atomic mass is 79.9. The van der Waals surface area contributed by atoms with E-state index in [1.54, 1.807) is 0 Å². The van der Waals surface area contributed by atoms with Gasteiger partial charge in [-0.2, -0.15) is 0 Å². The number of nitrogens with zero attached hydrogens (tertiary/aromatic N) is 1. The summed E-state index contributed by atoms with van der Waals surface area (Å²) < 4.78 is 6.76. The third kappa shape index (κ3) is 1.81. The minimum Gasteiger partial charge on any atom is -0.477 e. The first-order chi connectivity index (χ1) is 9.83. The molecule has 0 amide bonds. The average molecular weight is 326 g/mol. The molecule has 3 aromatic rings. The van der Waals surface area contributed by atoms with Gasteiger partial charge in [0.2, 0.25) is 5.88 Å². The summed E-state index contributed by atoms with van der Waals surface area (Å²) in [4.78, 5) is 4.63. The van der Waals surface area contributed by atoms with E-state index in [9.17, 15) is 0 Å². The molecule has 0 N–H and O–H groups in total. The Morgan fingerprint density at radius 1 is 1.00 bits per heavy atom. The SMILES string of the molecule is Brc1ccc(-c2c3c(nc4ccccc24)OCC3)cc1. The third-order valence-electron chi connectivity index (χ3n) is 3.68. The van der Waals surface area contributed by atoms with E-state index in [4.69, 9.17) is 4.74 Å². The zero-order chi connectivity index (χ0) is 13.5. The van der Waals surface area contributed by atoms with Crippen molar-refractivity contribution >= 4 is 26.8 Å². The van der Waals surface area contributed by atoms with E-state index in [1.165, 1.54) is 22.1 Å². The Morgan fingerprint density at radius 3 is 2.65 bits per heavy atom. The predicted octanol–water partition coefficient (Wildman–Crippen LogP) is 4.60. The number of hydrogen-bond acceptors (Lipinski definition) is 2. The number of ether oxygens (including phenoxy) is 1. The Labute approximate surface area is 125 Å². The highest BCUT2D eigenvalue weighted by Crippen LogP contribution is 2.39. The van der Waals surface area contributed by atoms with Crippen molar-refractivity contribution in [1.82, 2.24) is 4.98 Å². The number of aromatic nitrogens is 1. The van der Waals surface area contributed by atoms with Crippen LogP contribution in [0.15, 0.2) is 53.0 Å². The maximum absolute atomic E-state index is 5.67. The summed E-state index contributed by atoms with van der Waals surface area (Å²) in [6.45, 7) is 0.724. The molecule has 0 saturated carbocycles. The monoisotopic (exact) mass is 325 g/mol. The molecule has 20 heavy (non-hydrogen) atoms. The van der Waals surface area contributed by atoms with Crippen LogP contribution in [0.1, 0.15) is 5.56 Å². The number of para-hydroxylation sites is 1. The maximum atomic E-state index is 5.67. The number of pyridine rings is 1. The van der Waals surface area contributed by atoms with E-state index < -0.39 is 0 Å². The molecule has 4 rings (SSSR count).